The maximum Gasteiger partial charge on any atom is 1.00 e. The van der Waals surface area contributed by atoms with Crippen LogP contribution in [0, 0.1) is 17.8 Å². The SMILES string of the molecule is CCCC[C-]1CC1[C@H](OC)C1CCCCC1.[Li+]. The maximum atomic E-state index is 5.80. The third kappa shape index (κ3) is 4.30. The molecule has 1 unspecified atom stereocenters. The zero-order valence-corrected chi connectivity index (χ0v) is 12.0. The fourth-order valence-corrected chi connectivity index (χ4v) is 3.41. The van der Waals surface area contributed by atoms with Crippen molar-refractivity contribution in [3.05, 3.63) is 5.92 Å². The molecule has 2 saturated carbocycles. The molecule has 2 aliphatic carbocycles. The average molecular weight is 230 g/mol. The first-order chi connectivity index (χ1) is 7.86. The molecule has 0 saturated heterocycles. The molecule has 1 nitrogen and oxygen atoms in total. The number of hydrogen-bond acceptors (Lipinski definition) is 1. The van der Waals surface area contributed by atoms with Crippen LogP contribution in [-0.2, 0) is 4.74 Å². The van der Waals surface area contributed by atoms with Gasteiger partial charge in [-0.1, -0.05) is 39.0 Å². The van der Waals surface area contributed by atoms with Gasteiger partial charge in [0.1, 0.15) is 0 Å². The molecule has 2 heteroatoms. The molecule has 0 heterocycles. The summed E-state index contributed by atoms with van der Waals surface area (Å²) in [4.78, 5) is 0. The molecule has 17 heavy (non-hydrogen) atoms. The van der Waals surface area contributed by atoms with Gasteiger partial charge in [-0.25, -0.2) is 0 Å². The molecule has 2 atom stereocenters. The van der Waals surface area contributed by atoms with Crippen LogP contribution in [0.15, 0.2) is 0 Å². The molecule has 0 aromatic heterocycles. The van der Waals surface area contributed by atoms with Gasteiger partial charge in [0.2, 0.25) is 0 Å². The number of ether oxygens (including phenoxy) is 1. The molecule has 0 bridgehead atoms. The molecule has 94 valence electrons. The van der Waals surface area contributed by atoms with Crippen molar-refractivity contribution in [2.75, 3.05) is 7.11 Å². The van der Waals surface area contributed by atoms with Crippen molar-refractivity contribution in [3.8, 4) is 0 Å². The normalized spacial score (nSPS) is 27.5. The summed E-state index contributed by atoms with van der Waals surface area (Å²) in [5.74, 6) is 3.50. The van der Waals surface area contributed by atoms with Crippen molar-refractivity contribution >= 4 is 0 Å². The maximum absolute atomic E-state index is 5.80. The summed E-state index contributed by atoms with van der Waals surface area (Å²) < 4.78 is 5.80. The van der Waals surface area contributed by atoms with Crippen LogP contribution in [-0.4, -0.2) is 13.2 Å². The molecular weight excluding hydrogens is 203 g/mol. The number of hydrogen-bond donors (Lipinski definition) is 0. The van der Waals surface area contributed by atoms with E-state index < -0.39 is 0 Å². The van der Waals surface area contributed by atoms with E-state index in [2.05, 4.69) is 6.92 Å². The van der Waals surface area contributed by atoms with Crippen LogP contribution in [0.5, 0.6) is 0 Å². The van der Waals surface area contributed by atoms with E-state index in [1.54, 1.807) is 5.92 Å². The molecule has 0 spiro atoms. The Hall–Kier alpha value is 0.557. The standard InChI is InChI=1S/C15H27O.Li/c1-3-4-8-13-11-14(13)15(16-2)12-9-6-5-7-10-12;/h12,14-15H,3-11H2,1-2H3;/q-1;+1/t14?,15-;/m1./s1. The van der Waals surface area contributed by atoms with Crippen LogP contribution in [0.25, 0.3) is 0 Å². The molecule has 2 fully saturated rings. The Balaban J connectivity index is 0.00000144. The molecule has 0 N–H and O–H groups in total. The largest absolute Gasteiger partial charge is 1.00 e. The first-order valence-corrected chi connectivity index (χ1v) is 7.24. The van der Waals surface area contributed by atoms with Crippen molar-refractivity contribution in [3.63, 3.8) is 0 Å². The van der Waals surface area contributed by atoms with Gasteiger partial charge in [0.15, 0.2) is 0 Å². The van der Waals surface area contributed by atoms with Crippen LogP contribution in [0.4, 0.5) is 0 Å². The Morgan fingerprint density at radius 3 is 2.53 bits per heavy atom. The van der Waals surface area contributed by atoms with E-state index in [0.29, 0.717) is 6.10 Å². The van der Waals surface area contributed by atoms with Gasteiger partial charge in [0, 0.05) is 13.2 Å². The smallest absolute Gasteiger partial charge is 0.384 e. The van der Waals surface area contributed by atoms with E-state index >= 15 is 0 Å². The second kappa shape index (κ2) is 7.88. The summed E-state index contributed by atoms with van der Waals surface area (Å²) in [6, 6.07) is 0. The Kier molecular flexibility index (Phi) is 7.23. The Morgan fingerprint density at radius 2 is 1.94 bits per heavy atom. The summed E-state index contributed by atoms with van der Waals surface area (Å²) in [5.41, 5.74) is 0. The van der Waals surface area contributed by atoms with Crippen molar-refractivity contribution < 1.29 is 23.6 Å². The second-order valence-electron chi connectivity index (χ2n) is 5.67. The van der Waals surface area contributed by atoms with E-state index in [0.717, 1.165) is 11.8 Å². The van der Waals surface area contributed by atoms with E-state index in [4.69, 9.17) is 4.74 Å². The predicted octanol–water partition coefficient (Wildman–Crippen LogP) is 1.37. The Morgan fingerprint density at radius 1 is 1.24 bits per heavy atom. The molecule has 2 aliphatic rings. The molecule has 0 amide bonds. The minimum Gasteiger partial charge on any atom is -0.384 e. The zero-order chi connectivity index (χ0) is 11.4. The van der Waals surface area contributed by atoms with E-state index in [1.807, 2.05) is 7.11 Å². The summed E-state index contributed by atoms with van der Waals surface area (Å²) >= 11 is 0. The molecular formula is C15H27LiO. The van der Waals surface area contributed by atoms with Crippen LogP contribution in [0.2, 0.25) is 0 Å². The molecule has 0 aromatic carbocycles. The van der Waals surface area contributed by atoms with Crippen LogP contribution >= 0.6 is 0 Å². The van der Waals surface area contributed by atoms with Crippen molar-refractivity contribution in [2.24, 2.45) is 11.8 Å². The van der Waals surface area contributed by atoms with Gasteiger partial charge in [-0.2, -0.15) is 18.8 Å². The molecule has 0 aliphatic heterocycles. The number of unbranched alkanes of at least 4 members (excludes halogenated alkanes) is 1. The van der Waals surface area contributed by atoms with Gasteiger partial charge < -0.3 is 10.7 Å². The third-order valence-electron chi connectivity index (χ3n) is 4.48. The van der Waals surface area contributed by atoms with Crippen molar-refractivity contribution in [1.82, 2.24) is 0 Å². The van der Waals surface area contributed by atoms with Gasteiger partial charge in [0.25, 0.3) is 0 Å². The average Bonchev–Trinajstić information content (AvgIpc) is 3.08. The van der Waals surface area contributed by atoms with Crippen LogP contribution in [0.3, 0.4) is 0 Å². The summed E-state index contributed by atoms with van der Waals surface area (Å²) in [6.45, 7) is 2.28. The number of methoxy groups -OCH3 is 1. The Bertz CT molecular complexity index is 201. The zero-order valence-electron chi connectivity index (χ0n) is 12.0. The Labute approximate surface area is 119 Å². The fourth-order valence-electron chi connectivity index (χ4n) is 3.41. The van der Waals surface area contributed by atoms with E-state index in [1.165, 1.54) is 57.8 Å². The van der Waals surface area contributed by atoms with Gasteiger partial charge in [0.05, 0.1) is 0 Å². The minimum absolute atomic E-state index is 0. The van der Waals surface area contributed by atoms with Gasteiger partial charge in [-0.3, -0.25) is 0 Å². The van der Waals surface area contributed by atoms with Crippen LogP contribution < -0.4 is 18.9 Å². The third-order valence-corrected chi connectivity index (χ3v) is 4.48. The fraction of sp³-hybridized carbons (Fsp3) is 0.933. The van der Waals surface area contributed by atoms with Crippen molar-refractivity contribution in [1.29, 1.82) is 0 Å². The topological polar surface area (TPSA) is 9.23 Å². The van der Waals surface area contributed by atoms with Gasteiger partial charge >= 0.3 is 18.9 Å². The first-order valence-electron chi connectivity index (χ1n) is 7.24. The minimum atomic E-state index is 0. The van der Waals surface area contributed by atoms with Gasteiger partial charge in [-0.15, -0.1) is 0 Å². The van der Waals surface area contributed by atoms with Gasteiger partial charge in [-0.05, 0) is 18.8 Å². The van der Waals surface area contributed by atoms with E-state index in [-0.39, 0.29) is 18.9 Å². The predicted molar refractivity (Wildman–Crippen MR) is 68.2 cm³/mol. The molecule has 0 radical (unpaired) electrons. The van der Waals surface area contributed by atoms with Crippen LogP contribution in [0.1, 0.15) is 64.7 Å². The molecule has 0 aromatic rings. The van der Waals surface area contributed by atoms with Crippen molar-refractivity contribution in [2.45, 2.75) is 70.8 Å². The first kappa shape index (κ1) is 15.6. The monoisotopic (exact) mass is 230 g/mol. The van der Waals surface area contributed by atoms with E-state index in [9.17, 15) is 0 Å². The quantitative estimate of drug-likeness (QED) is 0.495. The molecule has 2 rings (SSSR count). The summed E-state index contributed by atoms with van der Waals surface area (Å²) in [5, 5.41) is 0. The summed E-state index contributed by atoms with van der Waals surface area (Å²) in [7, 11) is 1.93. The number of rotatable bonds is 6. The summed E-state index contributed by atoms with van der Waals surface area (Å²) in [6.07, 6.45) is 13.2. The second-order valence-corrected chi connectivity index (χ2v) is 5.67.